The number of thioether (sulfide) groups is 2. The smallest absolute Gasteiger partial charge is 0.172 e. The monoisotopic (exact) mass is 294 g/mol. The lowest BCUT2D eigenvalue weighted by molar-refractivity contribution is 0.102. The van der Waals surface area contributed by atoms with E-state index in [1.54, 1.807) is 0 Å². The van der Waals surface area contributed by atoms with E-state index in [-0.39, 0.29) is 5.78 Å². The summed E-state index contributed by atoms with van der Waals surface area (Å²) < 4.78 is 0. The Morgan fingerprint density at radius 1 is 1.16 bits per heavy atom. The minimum Gasteiger partial charge on any atom is -0.293 e. The van der Waals surface area contributed by atoms with Gasteiger partial charge in [-0.3, -0.25) is 4.79 Å². The second-order valence-electron chi connectivity index (χ2n) is 4.95. The molecule has 0 saturated heterocycles. The van der Waals surface area contributed by atoms with E-state index in [9.17, 15) is 4.79 Å². The summed E-state index contributed by atoms with van der Waals surface area (Å²) in [7, 11) is 0. The van der Waals surface area contributed by atoms with Gasteiger partial charge in [-0.05, 0) is 30.7 Å². The molecule has 1 fully saturated rings. The second-order valence-corrected chi connectivity index (χ2v) is 7.58. The Balaban J connectivity index is 1.81. The zero-order valence-electron chi connectivity index (χ0n) is 11.6. The maximum Gasteiger partial charge on any atom is 0.172 e. The highest BCUT2D eigenvalue weighted by Gasteiger charge is 2.15. The van der Waals surface area contributed by atoms with E-state index in [1.807, 2.05) is 35.7 Å². The number of rotatable bonds is 6. The van der Waals surface area contributed by atoms with Crippen LogP contribution in [0.4, 0.5) is 0 Å². The van der Waals surface area contributed by atoms with E-state index in [4.69, 9.17) is 0 Å². The molecule has 19 heavy (non-hydrogen) atoms. The number of benzene rings is 1. The van der Waals surface area contributed by atoms with Crippen molar-refractivity contribution in [2.24, 2.45) is 0 Å². The fraction of sp³-hybridized carbons (Fsp3) is 0.562. The first-order valence-electron chi connectivity index (χ1n) is 7.17. The highest BCUT2D eigenvalue weighted by atomic mass is 32.2. The van der Waals surface area contributed by atoms with Crippen LogP contribution in [0, 0.1) is 0 Å². The summed E-state index contributed by atoms with van der Waals surface area (Å²) in [6.45, 7) is 2.14. The first kappa shape index (κ1) is 15.0. The normalized spacial score (nSPS) is 16.5. The Kier molecular flexibility index (Phi) is 6.32. The number of carbonyl (C=O) groups is 1. The summed E-state index contributed by atoms with van der Waals surface area (Å²) in [5.41, 5.74) is 0.865. The third kappa shape index (κ3) is 4.88. The summed E-state index contributed by atoms with van der Waals surface area (Å²) >= 11 is 3.68. The average Bonchev–Trinajstić information content (AvgIpc) is 2.47. The second kappa shape index (κ2) is 8.01. The molecule has 0 bridgehead atoms. The largest absolute Gasteiger partial charge is 0.293 e. The van der Waals surface area contributed by atoms with Gasteiger partial charge in [0.1, 0.15) is 0 Å². The molecule has 0 radical (unpaired) electrons. The fourth-order valence-electron chi connectivity index (χ4n) is 2.41. The van der Waals surface area contributed by atoms with Crippen LogP contribution in [-0.4, -0.2) is 22.5 Å². The lowest BCUT2D eigenvalue weighted by Gasteiger charge is -2.20. The Morgan fingerprint density at radius 2 is 1.84 bits per heavy atom. The molecule has 1 aromatic carbocycles. The lowest BCUT2D eigenvalue weighted by Crippen LogP contribution is -2.12. The van der Waals surface area contributed by atoms with Crippen molar-refractivity contribution in [3.05, 3.63) is 29.8 Å². The highest BCUT2D eigenvalue weighted by molar-refractivity contribution is 8.00. The van der Waals surface area contributed by atoms with Crippen molar-refractivity contribution in [1.29, 1.82) is 0 Å². The molecule has 0 unspecified atom stereocenters. The lowest BCUT2D eigenvalue weighted by atomic mass is 10.0. The Morgan fingerprint density at radius 3 is 2.47 bits per heavy atom. The van der Waals surface area contributed by atoms with Gasteiger partial charge in [-0.2, -0.15) is 11.8 Å². The van der Waals surface area contributed by atoms with Crippen LogP contribution in [0.1, 0.15) is 49.4 Å². The van der Waals surface area contributed by atoms with Crippen LogP contribution in [-0.2, 0) is 0 Å². The van der Waals surface area contributed by atoms with Crippen LogP contribution in [0.15, 0.2) is 29.2 Å². The van der Waals surface area contributed by atoms with E-state index in [1.165, 1.54) is 37.0 Å². The van der Waals surface area contributed by atoms with Crippen LogP contribution in [0.25, 0.3) is 0 Å². The van der Waals surface area contributed by atoms with Gasteiger partial charge in [-0.25, -0.2) is 0 Å². The predicted octanol–water partition coefficient (Wildman–Crippen LogP) is 5.05. The van der Waals surface area contributed by atoms with Crippen LogP contribution in [0.3, 0.4) is 0 Å². The van der Waals surface area contributed by atoms with E-state index < -0.39 is 0 Å². The van der Waals surface area contributed by atoms with Crippen LogP contribution in [0.5, 0.6) is 0 Å². The molecule has 0 heterocycles. The molecule has 0 aliphatic heterocycles. The van der Waals surface area contributed by atoms with Crippen molar-refractivity contribution >= 4 is 29.3 Å². The summed E-state index contributed by atoms with van der Waals surface area (Å²) in [4.78, 5) is 13.4. The van der Waals surface area contributed by atoms with Crippen LogP contribution in [0.2, 0.25) is 0 Å². The molecule has 1 nitrogen and oxygen atoms in total. The SMILES string of the molecule is CCSc1ccc(C(=O)CSC2CCCCC2)cc1. The quantitative estimate of drug-likeness (QED) is 0.540. The molecule has 0 atom stereocenters. The standard InChI is InChI=1S/C16H22OS2/c1-2-18-15-10-8-13(9-11-15)16(17)12-19-14-6-4-3-5-7-14/h8-11,14H,2-7,12H2,1H3. The molecule has 1 aliphatic carbocycles. The summed E-state index contributed by atoms with van der Waals surface area (Å²) in [6, 6.07) is 8.07. The molecule has 2 rings (SSSR count). The number of ketones is 1. The number of carbonyl (C=O) groups excluding carboxylic acids is 1. The maximum absolute atomic E-state index is 12.1. The van der Waals surface area contributed by atoms with Gasteiger partial charge in [0.2, 0.25) is 0 Å². The summed E-state index contributed by atoms with van der Waals surface area (Å²) in [5.74, 6) is 2.00. The fourth-order valence-corrected chi connectivity index (χ4v) is 4.29. The zero-order valence-corrected chi connectivity index (χ0v) is 13.2. The number of hydrogen-bond acceptors (Lipinski definition) is 3. The van der Waals surface area contributed by atoms with E-state index in [0.717, 1.165) is 11.3 Å². The topological polar surface area (TPSA) is 17.1 Å². The highest BCUT2D eigenvalue weighted by Crippen LogP contribution is 2.28. The van der Waals surface area contributed by atoms with Crippen molar-refractivity contribution in [3.8, 4) is 0 Å². The number of hydrogen-bond donors (Lipinski definition) is 0. The summed E-state index contributed by atoms with van der Waals surface area (Å²) in [6.07, 6.45) is 6.65. The Labute approximate surface area is 124 Å². The molecule has 0 spiro atoms. The van der Waals surface area contributed by atoms with Gasteiger partial charge in [0.25, 0.3) is 0 Å². The van der Waals surface area contributed by atoms with Crippen molar-refractivity contribution < 1.29 is 4.79 Å². The first-order valence-corrected chi connectivity index (χ1v) is 9.20. The molecule has 1 aromatic rings. The minimum absolute atomic E-state index is 0.281. The zero-order chi connectivity index (χ0) is 13.5. The molecular formula is C16H22OS2. The third-order valence-corrected chi connectivity index (χ3v) is 5.76. The third-order valence-electron chi connectivity index (χ3n) is 3.49. The van der Waals surface area contributed by atoms with Gasteiger partial charge in [-0.1, -0.05) is 38.3 Å². The predicted molar refractivity (Wildman–Crippen MR) is 86.5 cm³/mol. The van der Waals surface area contributed by atoms with Crippen molar-refractivity contribution in [1.82, 2.24) is 0 Å². The molecule has 104 valence electrons. The summed E-state index contributed by atoms with van der Waals surface area (Å²) in [5, 5.41) is 0.715. The van der Waals surface area contributed by atoms with E-state index in [0.29, 0.717) is 11.0 Å². The first-order chi connectivity index (χ1) is 9.29. The molecular weight excluding hydrogens is 272 g/mol. The molecule has 3 heteroatoms. The van der Waals surface area contributed by atoms with Gasteiger partial charge in [-0.15, -0.1) is 11.8 Å². The van der Waals surface area contributed by atoms with Gasteiger partial charge < -0.3 is 0 Å². The van der Waals surface area contributed by atoms with Crippen molar-refractivity contribution in [3.63, 3.8) is 0 Å². The molecule has 0 aromatic heterocycles. The van der Waals surface area contributed by atoms with Crippen molar-refractivity contribution in [2.75, 3.05) is 11.5 Å². The molecule has 1 saturated carbocycles. The van der Waals surface area contributed by atoms with Gasteiger partial charge >= 0.3 is 0 Å². The Bertz CT molecular complexity index is 394. The molecule has 1 aliphatic rings. The maximum atomic E-state index is 12.1. The van der Waals surface area contributed by atoms with Crippen LogP contribution < -0.4 is 0 Å². The van der Waals surface area contributed by atoms with Gasteiger partial charge in [0, 0.05) is 15.7 Å². The van der Waals surface area contributed by atoms with E-state index >= 15 is 0 Å². The molecule has 0 amide bonds. The van der Waals surface area contributed by atoms with Crippen LogP contribution >= 0.6 is 23.5 Å². The Hall–Kier alpha value is -0.410. The van der Waals surface area contributed by atoms with Crippen molar-refractivity contribution in [2.45, 2.75) is 49.2 Å². The molecule has 0 N–H and O–H groups in total. The van der Waals surface area contributed by atoms with Gasteiger partial charge in [0.05, 0.1) is 5.75 Å². The van der Waals surface area contributed by atoms with Gasteiger partial charge in [0.15, 0.2) is 5.78 Å². The van der Waals surface area contributed by atoms with E-state index in [2.05, 4.69) is 19.1 Å². The number of Topliss-reactive ketones (excluding diaryl/α,β-unsaturated/α-hetero) is 1. The minimum atomic E-state index is 0.281. The average molecular weight is 294 g/mol.